The average Bonchev–Trinajstić information content (AvgIpc) is 2.53. The highest BCUT2D eigenvalue weighted by atomic mass is 79.9. The molecule has 0 saturated heterocycles. The number of halogens is 3. The van der Waals surface area contributed by atoms with Crippen molar-refractivity contribution in [1.29, 1.82) is 0 Å². The lowest BCUT2D eigenvalue weighted by Gasteiger charge is -2.19. The maximum Gasteiger partial charge on any atom is 0.306 e. The third-order valence-electron chi connectivity index (χ3n) is 2.99. The highest BCUT2D eigenvalue weighted by Gasteiger charge is 2.32. The molecule has 0 fully saturated rings. The van der Waals surface area contributed by atoms with Crippen molar-refractivity contribution in [3.63, 3.8) is 0 Å². The van der Waals surface area contributed by atoms with Gasteiger partial charge in [-0.2, -0.15) is 8.78 Å². The van der Waals surface area contributed by atoms with E-state index >= 15 is 0 Å². The average molecular weight is 357 g/mol. The summed E-state index contributed by atoms with van der Waals surface area (Å²) < 4.78 is 38.6. The fourth-order valence-electron chi connectivity index (χ4n) is 1.85. The van der Waals surface area contributed by atoms with Gasteiger partial charge in [-0.25, -0.2) is 0 Å². The molecule has 0 aliphatic carbocycles. The number of ether oxygens (including phenoxy) is 2. The molecule has 0 bridgehead atoms. The summed E-state index contributed by atoms with van der Waals surface area (Å²) in [6.45, 7) is -0.737. The van der Waals surface area contributed by atoms with E-state index < -0.39 is 12.5 Å². The van der Waals surface area contributed by atoms with E-state index in [0.717, 1.165) is 5.56 Å². The quantitative estimate of drug-likeness (QED) is 0.694. The van der Waals surface area contributed by atoms with Gasteiger partial charge in [0.25, 0.3) is 0 Å². The van der Waals surface area contributed by atoms with E-state index in [1.54, 1.807) is 30.3 Å². The van der Waals surface area contributed by atoms with Crippen LogP contribution in [0.15, 0.2) is 48.5 Å². The van der Waals surface area contributed by atoms with Crippen LogP contribution in [0, 0.1) is 0 Å². The van der Waals surface area contributed by atoms with Crippen LogP contribution < -0.4 is 9.47 Å². The van der Waals surface area contributed by atoms with E-state index in [2.05, 4.69) is 15.9 Å². The summed E-state index contributed by atoms with van der Waals surface area (Å²) in [6.07, 6.45) is 0. The molecular weight excluding hydrogens is 342 g/mol. The van der Waals surface area contributed by atoms with Gasteiger partial charge in [-0.15, -0.1) is 0 Å². The first-order valence-electron chi connectivity index (χ1n) is 6.36. The molecule has 0 aliphatic rings. The second-order valence-electron chi connectivity index (χ2n) is 4.48. The van der Waals surface area contributed by atoms with Crippen molar-refractivity contribution in [1.82, 2.24) is 0 Å². The summed E-state index contributed by atoms with van der Waals surface area (Å²) in [4.78, 5) is 0. The Hall–Kier alpha value is -1.62. The molecule has 0 heterocycles. The molecule has 0 spiro atoms. The molecule has 2 rings (SSSR count). The molecule has 21 heavy (non-hydrogen) atoms. The van der Waals surface area contributed by atoms with Gasteiger partial charge >= 0.3 is 5.92 Å². The maximum atomic E-state index is 14.1. The number of alkyl halides is 3. The maximum absolute atomic E-state index is 14.1. The van der Waals surface area contributed by atoms with Gasteiger partial charge < -0.3 is 9.47 Å². The first-order valence-corrected chi connectivity index (χ1v) is 7.48. The number of benzene rings is 2. The molecule has 0 aliphatic heterocycles. The fourth-order valence-corrected chi connectivity index (χ4v) is 2.20. The minimum atomic E-state index is -3.06. The fraction of sp³-hybridized carbons (Fsp3) is 0.250. The van der Waals surface area contributed by atoms with Gasteiger partial charge in [-0.05, 0) is 17.7 Å². The Morgan fingerprint density at radius 1 is 1.05 bits per heavy atom. The van der Waals surface area contributed by atoms with Crippen LogP contribution in [0.4, 0.5) is 8.78 Å². The second kappa shape index (κ2) is 6.89. The molecule has 0 aromatic heterocycles. The predicted molar refractivity (Wildman–Crippen MR) is 81.5 cm³/mol. The number of hydrogen-bond donors (Lipinski definition) is 0. The van der Waals surface area contributed by atoms with Crippen LogP contribution >= 0.6 is 15.9 Å². The normalized spacial score (nSPS) is 11.2. The molecule has 2 aromatic rings. The van der Waals surface area contributed by atoms with Crippen LogP contribution in [0.2, 0.25) is 0 Å². The third-order valence-corrected chi connectivity index (χ3v) is 3.63. The molecule has 0 N–H and O–H groups in total. The van der Waals surface area contributed by atoms with Gasteiger partial charge in [0.2, 0.25) is 0 Å². The SMILES string of the molecule is COc1ccc(CBr)cc1OCC(F)(F)c1ccccc1. The minimum absolute atomic E-state index is 0.0689. The highest BCUT2D eigenvalue weighted by molar-refractivity contribution is 9.08. The van der Waals surface area contributed by atoms with Crippen LogP contribution in [-0.4, -0.2) is 13.7 Å². The first-order chi connectivity index (χ1) is 10.1. The predicted octanol–water partition coefficient (Wildman–Crippen LogP) is 4.76. The summed E-state index contributed by atoms with van der Waals surface area (Å²) in [7, 11) is 1.48. The standard InChI is InChI=1S/C16H15BrF2O2/c1-20-14-8-7-12(10-17)9-15(14)21-11-16(18,19)13-5-3-2-4-6-13/h2-9H,10-11H2,1H3. The van der Waals surface area contributed by atoms with Crippen molar-refractivity contribution in [2.75, 3.05) is 13.7 Å². The van der Waals surface area contributed by atoms with Crippen molar-refractivity contribution < 1.29 is 18.3 Å². The molecule has 0 radical (unpaired) electrons. The van der Waals surface area contributed by atoms with Crippen molar-refractivity contribution in [3.05, 3.63) is 59.7 Å². The molecule has 112 valence electrons. The largest absolute Gasteiger partial charge is 0.493 e. The van der Waals surface area contributed by atoms with Crippen LogP contribution in [0.5, 0.6) is 11.5 Å². The Bertz CT molecular complexity index is 588. The van der Waals surface area contributed by atoms with Crippen LogP contribution in [0.25, 0.3) is 0 Å². The lowest BCUT2D eigenvalue weighted by atomic mass is 10.1. The number of rotatable bonds is 6. The zero-order valence-corrected chi connectivity index (χ0v) is 13.1. The number of methoxy groups -OCH3 is 1. The topological polar surface area (TPSA) is 18.5 Å². The Morgan fingerprint density at radius 2 is 1.76 bits per heavy atom. The molecular formula is C16H15BrF2O2. The smallest absolute Gasteiger partial charge is 0.306 e. The lowest BCUT2D eigenvalue weighted by Crippen LogP contribution is -2.23. The van der Waals surface area contributed by atoms with Crippen molar-refractivity contribution >= 4 is 15.9 Å². The van der Waals surface area contributed by atoms with Crippen molar-refractivity contribution in [2.24, 2.45) is 0 Å². The van der Waals surface area contributed by atoms with E-state index in [1.807, 2.05) is 6.07 Å². The molecule has 0 saturated carbocycles. The van der Waals surface area contributed by atoms with E-state index in [0.29, 0.717) is 16.8 Å². The van der Waals surface area contributed by atoms with Gasteiger partial charge in [-0.3, -0.25) is 0 Å². The molecule has 0 atom stereocenters. The van der Waals surface area contributed by atoms with E-state index in [-0.39, 0.29) is 5.56 Å². The Balaban J connectivity index is 2.15. The second-order valence-corrected chi connectivity index (χ2v) is 5.04. The summed E-state index contributed by atoms with van der Waals surface area (Å²) >= 11 is 3.32. The molecule has 0 amide bonds. The number of hydrogen-bond acceptors (Lipinski definition) is 2. The van der Waals surface area contributed by atoms with Gasteiger partial charge in [0.05, 0.1) is 7.11 Å². The van der Waals surface area contributed by atoms with E-state index in [4.69, 9.17) is 9.47 Å². The molecule has 5 heteroatoms. The summed E-state index contributed by atoms with van der Waals surface area (Å²) in [6, 6.07) is 12.9. The van der Waals surface area contributed by atoms with Crippen LogP contribution in [0.3, 0.4) is 0 Å². The van der Waals surface area contributed by atoms with Crippen LogP contribution in [0.1, 0.15) is 11.1 Å². The van der Waals surface area contributed by atoms with Gasteiger partial charge in [-0.1, -0.05) is 52.3 Å². The highest BCUT2D eigenvalue weighted by Crippen LogP contribution is 2.33. The first kappa shape index (κ1) is 15.8. The third kappa shape index (κ3) is 3.94. The van der Waals surface area contributed by atoms with E-state index in [9.17, 15) is 8.78 Å². The summed E-state index contributed by atoms with van der Waals surface area (Å²) in [5.74, 6) is -2.31. The van der Waals surface area contributed by atoms with Crippen molar-refractivity contribution in [2.45, 2.75) is 11.3 Å². The lowest BCUT2D eigenvalue weighted by molar-refractivity contribution is -0.0472. The van der Waals surface area contributed by atoms with Crippen molar-refractivity contribution in [3.8, 4) is 11.5 Å². The zero-order valence-electron chi connectivity index (χ0n) is 11.5. The summed E-state index contributed by atoms with van der Waals surface area (Å²) in [5, 5.41) is 0.614. The van der Waals surface area contributed by atoms with Gasteiger partial charge in [0.15, 0.2) is 18.1 Å². The molecule has 2 nitrogen and oxygen atoms in total. The zero-order chi connectivity index (χ0) is 15.3. The van der Waals surface area contributed by atoms with Gasteiger partial charge in [0.1, 0.15) is 0 Å². The van der Waals surface area contributed by atoms with Gasteiger partial charge in [0, 0.05) is 10.9 Å². The Labute approximate surface area is 130 Å². The molecule has 2 aromatic carbocycles. The monoisotopic (exact) mass is 356 g/mol. The Kier molecular flexibility index (Phi) is 5.17. The van der Waals surface area contributed by atoms with Crippen LogP contribution in [-0.2, 0) is 11.3 Å². The van der Waals surface area contributed by atoms with E-state index in [1.165, 1.54) is 19.2 Å². The minimum Gasteiger partial charge on any atom is -0.493 e. The molecule has 0 unspecified atom stereocenters. The summed E-state index contributed by atoms with van der Waals surface area (Å²) in [5.41, 5.74) is 0.856. The Morgan fingerprint density at radius 3 is 2.38 bits per heavy atom.